The SMILES string of the molecule is C[C@]12CC/C(=N/OCCc3ncc(CN)o3)CC1CCC1C2CC[C@@]2(C)C1CC[C@@H]2O. The van der Waals surface area contributed by atoms with E-state index in [-0.39, 0.29) is 11.5 Å². The van der Waals surface area contributed by atoms with Crippen LogP contribution in [0.1, 0.15) is 83.3 Å². The van der Waals surface area contributed by atoms with Crippen molar-refractivity contribution in [1.82, 2.24) is 4.98 Å². The summed E-state index contributed by atoms with van der Waals surface area (Å²) < 4.78 is 5.52. The Kier molecular flexibility index (Phi) is 5.66. The molecule has 0 aliphatic heterocycles. The molecule has 6 heteroatoms. The summed E-state index contributed by atoms with van der Waals surface area (Å²) in [5.41, 5.74) is 7.39. The van der Waals surface area contributed by atoms with Crippen molar-refractivity contribution in [3.05, 3.63) is 17.8 Å². The van der Waals surface area contributed by atoms with Crippen LogP contribution in [0.5, 0.6) is 0 Å². The highest BCUT2D eigenvalue weighted by atomic mass is 16.6. The van der Waals surface area contributed by atoms with Crippen LogP contribution >= 0.6 is 0 Å². The topological polar surface area (TPSA) is 93.9 Å². The number of hydrogen-bond donors (Lipinski definition) is 2. The predicted molar refractivity (Wildman–Crippen MR) is 119 cm³/mol. The second-order valence-electron chi connectivity index (χ2n) is 11.2. The van der Waals surface area contributed by atoms with Gasteiger partial charge in [0.2, 0.25) is 0 Å². The third-order valence-corrected chi connectivity index (χ3v) is 9.85. The van der Waals surface area contributed by atoms with Crippen LogP contribution in [0.4, 0.5) is 0 Å². The molecule has 0 radical (unpaired) electrons. The average Bonchev–Trinajstić information content (AvgIpc) is 3.35. The minimum absolute atomic E-state index is 0.0792. The van der Waals surface area contributed by atoms with Crippen molar-refractivity contribution >= 4 is 5.71 Å². The molecule has 0 saturated heterocycles. The van der Waals surface area contributed by atoms with Crippen molar-refractivity contribution in [2.24, 2.45) is 45.4 Å². The highest BCUT2D eigenvalue weighted by Gasteiger charge is 2.59. The summed E-state index contributed by atoms with van der Waals surface area (Å²) >= 11 is 0. The second kappa shape index (κ2) is 8.18. The average molecular weight is 430 g/mol. The van der Waals surface area contributed by atoms with Gasteiger partial charge in [-0.15, -0.1) is 0 Å². The quantitative estimate of drug-likeness (QED) is 0.533. The van der Waals surface area contributed by atoms with E-state index in [0.717, 1.165) is 42.9 Å². The Balaban J connectivity index is 1.19. The summed E-state index contributed by atoms with van der Waals surface area (Å²) in [6, 6.07) is 0. The smallest absolute Gasteiger partial charge is 0.197 e. The van der Waals surface area contributed by atoms with Crippen molar-refractivity contribution in [2.45, 2.75) is 90.7 Å². The largest absolute Gasteiger partial charge is 0.444 e. The lowest BCUT2D eigenvalue weighted by molar-refractivity contribution is -0.112. The van der Waals surface area contributed by atoms with Gasteiger partial charge < -0.3 is 20.1 Å². The molecular weight excluding hydrogens is 390 g/mol. The summed E-state index contributed by atoms with van der Waals surface area (Å²) in [4.78, 5) is 9.86. The van der Waals surface area contributed by atoms with Gasteiger partial charge >= 0.3 is 0 Å². The standard InChI is InChI=1S/C25H39N3O3/c1-24-10-7-17(28-30-12-9-23-27-15-18(14-26)31-23)13-16(24)3-4-19-20-5-6-22(29)25(20,2)11-8-21(19)24/h15-16,19-22,29H,3-14,26H2,1-2H3/b28-17-/t16?,19?,20?,21?,22-,24-,25-/m0/s1. The van der Waals surface area contributed by atoms with Gasteiger partial charge in [0.15, 0.2) is 5.89 Å². The Morgan fingerprint density at radius 1 is 1.16 bits per heavy atom. The molecule has 7 atom stereocenters. The van der Waals surface area contributed by atoms with Crippen LogP contribution in [-0.2, 0) is 17.8 Å². The molecular formula is C25H39N3O3. The van der Waals surface area contributed by atoms with E-state index in [1.165, 1.54) is 44.2 Å². The maximum Gasteiger partial charge on any atom is 0.197 e. The summed E-state index contributed by atoms with van der Waals surface area (Å²) in [5.74, 6) is 4.45. The lowest BCUT2D eigenvalue weighted by atomic mass is 9.45. The fourth-order valence-corrected chi connectivity index (χ4v) is 7.94. The van der Waals surface area contributed by atoms with E-state index in [9.17, 15) is 5.11 Å². The van der Waals surface area contributed by atoms with Crippen molar-refractivity contribution in [1.29, 1.82) is 0 Å². The van der Waals surface area contributed by atoms with Gasteiger partial charge in [-0.05, 0) is 92.3 Å². The van der Waals surface area contributed by atoms with Gasteiger partial charge in [0.05, 0.1) is 31.0 Å². The molecule has 4 unspecified atom stereocenters. The molecule has 1 aromatic rings. The van der Waals surface area contributed by atoms with Gasteiger partial charge in [0.25, 0.3) is 0 Å². The summed E-state index contributed by atoms with van der Waals surface area (Å²) in [6.07, 6.45) is 13.0. The number of oxime groups is 1. The van der Waals surface area contributed by atoms with Crippen molar-refractivity contribution in [3.8, 4) is 0 Å². The molecule has 3 N–H and O–H groups in total. The number of nitrogens with two attached hydrogens (primary N) is 1. The maximum absolute atomic E-state index is 10.6. The molecule has 4 aliphatic rings. The highest BCUT2D eigenvalue weighted by molar-refractivity contribution is 5.85. The Morgan fingerprint density at radius 3 is 2.81 bits per heavy atom. The molecule has 4 saturated carbocycles. The Morgan fingerprint density at radius 2 is 2.00 bits per heavy atom. The van der Waals surface area contributed by atoms with Crippen LogP contribution in [-0.4, -0.2) is 28.5 Å². The van der Waals surface area contributed by atoms with E-state index in [4.69, 9.17) is 15.0 Å². The monoisotopic (exact) mass is 429 g/mol. The van der Waals surface area contributed by atoms with Gasteiger partial charge in [-0.1, -0.05) is 19.0 Å². The van der Waals surface area contributed by atoms with Crippen LogP contribution in [0.25, 0.3) is 0 Å². The fraction of sp³-hybridized carbons (Fsp3) is 0.840. The van der Waals surface area contributed by atoms with Crippen LogP contribution in [0, 0.1) is 34.5 Å². The lowest BCUT2D eigenvalue weighted by Crippen LogP contribution is -2.54. The molecule has 6 nitrogen and oxygen atoms in total. The Labute approximate surface area is 186 Å². The van der Waals surface area contributed by atoms with Crippen molar-refractivity contribution < 1.29 is 14.4 Å². The molecule has 172 valence electrons. The molecule has 0 amide bonds. The van der Waals surface area contributed by atoms with Gasteiger partial charge in [0, 0.05) is 0 Å². The number of aromatic nitrogens is 1. The molecule has 5 rings (SSSR count). The predicted octanol–water partition coefficient (Wildman–Crippen LogP) is 4.45. The zero-order valence-corrected chi connectivity index (χ0v) is 19.2. The summed E-state index contributed by atoms with van der Waals surface area (Å²) in [7, 11) is 0. The van der Waals surface area contributed by atoms with E-state index in [2.05, 4.69) is 24.0 Å². The molecule has 1 heterocycles. The summed E-state index contributed by atoms with van der Waals surface area (Å²) in [5, 5.41) is 15.2. The minimum atomic E-state index is -0.0792. The number of nitrogens with zero attached hydrogens (tertiary/aromatic N) is 2. The van der Waals surface area contributed by atoms with E-state index in [1.807, 2.05) is 0 Å². The fourth-order valence-electron chi connectivity index (χ4n) is 7.94. The number of aliphatic hydroxyl groups excluding tert-OH is 1. The van der Waals surface area contributed by atoms with Crippen LogP contribution in [0.2, 0.25) is 0 Å². The first-order chi connectivity index (χ1) is 14.9. The molecule has 1 aromatic heterocycles. The van der Waals surface area contributed by atoms with Crippen molar-refractivity contribution in [3.63, 3.8) is 0 Å². The third kappa shape index (κ3) is 3.64. The minimum Gasteiger partial charge on any atom is -0.444 e. The molecule has 0 aromatic carbocycles. The van der Waals surface area contributed by atoms with Gasteiger partial charge in [-0.3, -0.25) is 0 Å². The van der Waals surface area contributed by atoms with Gasteiger partial charge in [-0.2, -0.15) is 0 Å². The molecule has 4 aliphatic carbocycles. The van der Waals surface area contributed by atoms with E-state index < -0.39 is 0 Å². The molecule has 4 fully saturated rings. The van der Waals surface area contributed by atoms with Crippen LogP contribution in [0.3, 0.4) is 0 Å². The first-order valence-electron chi connectivity index (χ1n) is 12.4. The number of aliphatic hydroxyl groups is 1. The Hall–Kier alpha value is -1.40. The van der Waals surface area contributed by atoms with Crippen molar-refractivity contribution in [2.75, 3.05) is 6.61 Å². The highest BCUT2D eigenvalue weighted by Crippen LogP contribution is 2.65. The number of fused-ring (bicyclic) bond motifs is 5. The second-order valence-corrected chi connectivity index (χ2v) is 11.2. The van der Waals surface area contributed by atoms with E-state index in [0.29, 0.717) is 36.6 Å². The van der Waals surface area contributed by atoms with E-state index >= 15 is 0 Å². The summed E-state index contributed by atoms with van der Waals surface area (Å²) in [6.45, 7) is 5.80. The normalized spacial score (nSPS) is 43.4. The lowest BCUT2D eigenvalue weighted by Gasteiger charge is -2.60. The third-order valence-electron chi connectivity index (χ3n) is 9.85. The number of hydrogen-bond acceptors (Lipinski definition) is 6. The number of rotatable bonds is 5. The zero-order valence-electron chi connectivity index (χ0n) is 19.2. The zero-order chi connectivity index (χ0) is 21.6. The maximum atomic E-state index is 10.6. The van der Waals surface area contributed by atoms with Gasteiger partial charge in [0.1, 0.15) is 12.4 Å². The van der Waals surface area contributed by atoms with Crippen LogP contribution < -0.4 is 5.73 Å². The van der Waals surface area contributed by atoms with E-state index in [1.54, 1.807) is 6.20 Å². The molecule has 31 heavy (non-hydrogen) atoms. The first kappa shape index (κ1) is 21.4. The van der Waals surface area contributed by atoms with Crippen LogP contribution in [0.15, 0.2) is 15.8 Å². The molecule has 0 bridgehead atoms. The number of oxazole rings is 1. The van der Waals surface area contributed by atoms with Gasteiger partial charge in [-0.25, -0.2) is 4.98 Å². The Bertz CT molecular complexity index is 823. The first-order valence-corrected chi connectivity index (χ1v) is 12.4. The molecule has 0 spiro atoms.